The number of ether oxygens (including phenoxy) is 1. The van der Waals surface area contributed by atoms with E-state index in [1.807, 2.05) is 29.2 Å². The van der Waals surface area contributed by atoms with E-state index in [9.17, 15) is 13.2 Å². The molecule has 2 aromatic rings. The lowest BCUT2D eigenvalue weighted by molar-refractivity contribution is -0.117. The van der Waals surface area contributed by atoms with Gasteiger partial charge in [-0.3, -0.25) is 4.79 Å². The van der Waals surface area contributed by atoms with Crippen LogP contribution in [0.5, 0.6) is 5.75 Å². The van der Waals surface area contributed by atoms with Crippen LogP contribution in [-0.4, -0.2) is 54.3 Å². The summed E-state index contributed by atoms with van der Waals surface area (Å²) in [5, 5.41) is 1.11. The molecule has 30 heavy (non-hydrogen) atoms. The fraction of sp³-hybridized carbons (Fsp3) is 0.333. The van der Waals surface area contributed by atoms with Gasteiger partial charge in [0.2, 0.25) is 0 Å². The average molecular weight is 465 g/mol. The van der Waals surface area contributed by atoms with E-state index >= 15 is 0 Å². The molecule has 2 aliphatic rings. The van der Waals surface area contributed by atoms with Crippen LogP contribution in [0.3, 0.4) is 0 Å². The van der Waals surface area contributed by atoms with Gasteiger partial charge in [-0.25, -0.2) is 8.42 Å². The zero-order chi connectivity index (χ0) is 21.3. The van der Waals surface area contributed by atoms with Gasteiger partial charge < -0.3 is 9.64 Å². The molecule has 0 radical (unpaired) electrons. The number of thioether (sulfide) groups is 1. The largest absolute Gasteiger partial charge is 0.497 e. The summed E-state index contributed by atoms with van der Waals surface area (Å²) in [5.41, 5.74) is 1.83. The topological polar surface area (TPSA) is 76.0 Å². The van der Waals surface area contributed by atoms with E-state index in [1.165, 1.54) is 11.8 Å². The second-order valence-corrected chi connectivity index (χ2v) is 11.2. The van der Waals surface area contributed by atoms with Gasteiger partial charge in [-0.05, 0) is 35.4 Å². The molecule has 2 atom stereocenters. The first-order valence-corrected chi connectivity index (χ1v) is 12.5. The number of aliphatic imine (C=N–C) groups is 1. The monoisotopic (exact) mass is 464 g/mol. The maximum absolute atomic E-state index is 12.6. The Hall–Kier alpha value is -2.03. The zero-order valence-corrected chi connectivity index (χ0v) is 18.7. The zero-order valence-electron chi connectivity index (χ0n) is 16.3. The van der Waals surface area contributed by atoms with Crippen LogP contribution in [0.4, 0.5) is 0 Å². The number of halogens is 1. The Kier molecular flexibility index (Phi) is 6.09. The summed E-state index contributed by atoms with van der Waals surface area (Å²) < 4.78 is 29.5. The summed E-state index contributed by atoms with van der Waals surface area (Å²) >= 11 is 7.29. The van der Waals surface area contributed by atoms with E-state index in [4.69, 9.17) is 16.3 Å². The summed E-state index contributed by atoms with van der Waals surface area (Å²) in [6.45, 7) is 0.487. The molecular weight excluding hydrogens is 444 g/mol. The molecule has 0 aliphatic carbocycles. The molecule has 2 aliphatic heterocycles. The fourth-order valence-corrected chi connectivity index (χ4v) is 7.77. The van der Waals surface area contributed by atoms with Crippen molar-refractivity contribution in [2.45, 2.75) is 24.3 Å². The quantitative estimate of drug-likeness (QED) is 0.676. The van der Waals surface area contributed by atoms with Gasteiger partial charge in [0.15, 0.2) is 15.0 Å². The predicted octanol–water partition coefficient (Wildman–Crippen LogP) is 3.19. The Bertz CT molecular complexity index is 1070. The molecule has 0 bridgehead atoms. The van der Waals surface area contributed by atoms with E-state index in [2.05, 4.69) is 4.99 Å². The van der Waals surface area contributed by atoms with Crippen LogP contribution in [0.15, 0.2) is 53.5 Å². The highest BCUT2D eigenvalue weighted by atomic mass is 35.5. The molecule has 0 spiro atoms. The van der Waals surface area contributed by atoms with Crippen molar-refractivity contribution in [3.8, 4) is 5.75 Å². The number of hydrogen-bond donors (Lipinski definition) is 0. The number of methoxy groups -OCH3 is 1. The van der Waals surface area contributed by atoms with Crippen molar-refractivity contribution in [1.82, 2.24) is 4.90 Å². The maximum atomic E-state index is 12.6. The summed E-state index contributed by atoms with van der Waals surface area (Å²) in [6.07, 6.45) is 0.172. The van der Waals surface area contributed by atoms with Gasteiger partial charge in [0.25, 0.3) is 5.91 Å². The standard InChI is InChI=1S/C21H21ClN2O4S2/c1-28-17-8-4-15(5-9-17)11-24-18-12-30(26,27)13-19(18)29-21(24)23-20(25)10-14-2-6-16(22)7-3-14/h2-9,18-19H,10-13H2,1H3/t18-,19+/m1/s1. The summed E-state index contributed by atoms with van der Waals surface area (Å²) in [4.78, 5) is 18.9. The maximum Gasteiger partial charge on any atom is 0.252 e. The van der Waals surface area contributed by atoms with Gasteiger partial charge in [-0.15, -0.1) is 0 Å². The Morgan fingerprint density at radius 2 is 1.80 bits per heavy atom. The molecule has 9 heteroatoms. The van der Waals surface area contributed by atoms with Crippen molar-refractivity contribution in [2.24, 2.45) is 4.99 Å². The predicted molar refractivity (Wildman–Crippen MR) is 120 cm³/mol. The third-order valence-corrected chi connectivity index (χ3v) is 8.68. The minimum atomic E-state index is -3.08. The molecule has 2 heterocycles. The van der Waals surface area contributed by atoms with E-state index in [1.54, 1.807) is 31.4 Å². The second-order valence-electron chi connectivity index (χ2n) is 7.37. The minimum Gasteiger partial charge on any atom is -0.497 e. The van der Waals surface area contributed by atoms with Crippen LogP contribution < -0.4 is 4.74 Å². The molecule has 2 fully saturated rings. The number of carbonyl (C=O) groups excluding carboxylic acids is 1. The number of sulfone groups is 1. The molecule has 0 N–H and O–H groups in total. The van der Waals surface area contributed by atoms with Crippen molar-refractivity contribution < 1.29 is 17.9 Å². The lowest BCUT2D eigenvalue weighted by Crippen LogP contribution is -2.37. The van der Waals surface area contributed by atoms with Crippen LogP contribution >= 0.6 is 23.4 Å². The van der Waals surface area contributed by atoms with Crippen LogP contribution in [0.25, 0.3) is 0 Å². The Morgan fingerprint density at radius 3 is 2.47 bits per heavy atom. The summed E-state index contributed by atoms with van der Waals surface area (Å²) in [7, 11) is -1.47. The highest BCUT2D eigenvalue weighted by Gasteiger charge is 2.48. The molecule has 1 amide bonds. The Balaban J connectivity index is 1.55. The lowest BCUT2D eigenvalue weighted by Gasteiger charge is -2.24. The van der Waals surface area contributed by atoms with Crippen LogP contribution in [0, 0.1) is 0 Å². The molecule has 2 saturated heterocycles. The Morgan fingerprint density at radius 1 is 1.13 bits per heavy atom. The van der Waals surface area contributed by atoms with Crippen LogP contribution in [0.2, 0.25) is 5.02 Å². The van der Waals surface area contributed by atoms with E-state index in [-0.39, 0.29) is 35.1 Å². The van der Waals surface area contributed by atoms with Crippen LogP contribution in [0.1, 0.15) is 11.1 Å². The highest BCUT2D eigenvalue weighted by Crippen LogP contribution is 2.39. The first kappa shape index (κ1) is 21.2. The first-order chi connectivity index (χ1) is 14.3. The number of amides is 1. The number of amidine groups is 1. The third kappa shape index (κ3) is 4.82. The minimum absolute atomic E-state index is 0.0885. The number of benzene rings is 2. The summed E-state index contributed by atoms with van der Waals surface area (Å²) in [5.74, 6) is 0.696. The van der Waals surface area contributed by atoms with Crippen LogP contribution in [-0.2, 0) is 27.6 Å². The Labute approximate surface area is 185 Å². The van der Waals surface area contributed by atoms with E-state index in [0.717, 1.165) is 16.9 Å². The van der Waals surface area contributed by atoms with Gasteiger partial charge in [0.05, 0.1) is 31.1 Å². The molecular formula is C21H21ClN2O4S2. The van der Waals surface area contributed by atoms with Crippen molar-refractivity contribution in [1.29, 1.82) is 0 Å². The highest BCUT2D eigenvalue weighted by molar-refractivity contribution is 8.15. The van der Waals surface area contributed by atoms with E-state index < -0.39 is 9.84 Å². The molecule has 4 rings (SSSR count). The number of nitrogens with zero attached hydrogens (tertiary/aromatic N) is 2. The van der Waals surface area contributed by atoms with Gasteiger partial charge in [0, 0.05) is 16.8 Å². The van der Waals surface area contributed by atoms with Crippen molar-refractivity contribution in [3.63, 3.8) is 0 Å². The molecule has 2 aromatic carbocycles. The fourth-order valence-electron chi connectivity index (χ4n) is 3.67. The normalized spacial score (nSPS) is 23.5. The van der Waals surface area contributed by atoms with Gasteiger partial charge >= 0.3 is 0 Å². The first-order valence-electron chi connectivity index (χ1n) is 9.45. The number of fused-ring (bicyclic) bond motifs is 1. The average Bonchev–Trinajstić information content (AvgIpc) is 3.16. The SMILES string of the molecule is COc1ccc(CN2C(=NC(=O)Cc3ccc(Cl)cc3)S[C@H]3CS(=O)(=O)C[C@H]32)cc1. The molecule has 6 nitrogen and oxygen atoms in total. The molecule has 0 aromatic heterocycles. The molecule has 158 valence electrons. The van der Waals surface area contributed by atoms with Crippen molar-refractivity contribution in [3.05, 3.63) is 64.7 Å². The second kappa shape index (κ2) is 8.61. The number of hydrogen-bond acceptors (Lipinski definition) is 5. The molecule has 0 unspecified atom stereocenters. The van der Waals surface area contributed by atoms with Crippen molar-refractivity contribution >= 4 is 44.3 Å². The van der Waals surface area contributed by atoms with Gasteiger partial charge in [0.1, 0.15) is 5.75 Å². The van der Waals surface area contributed by atoms with Gasteiger partial charge in [-0.2, -0.15) is 4.99 Å². The number of rotatable bonds is 5. The molecule has 0 saturated carbocycles. The third-order valence-electron chi connectivity index (χ3n) is 5.18. The van der Waals surface area contributed by atoms with Crippen molar-refractivity contribution in [2.75, 3.05) is 18.6 Å². The van der Waals surface area contributed by atoms with E-state index in [0.29, 0.717) is 16.7 Å². The lowest BCUT2D eigenvalue weighted by atomic mass is 10.1. The van der Waals surface area contributed by atoms with Gasteiger partial charge in [-0.1, -0.05) is 47.6 Å². The smallest absolute Gasteiger partial charge is 0.252 e. The summed E-state index contributed by atoms with van der Waals surface area (Å²) in [6, 6.07) is 14.5. The number of carbonyl (C=O) groups is 1.